The summed E-state index contributed by atoms with van der Waals surface area (Å²) < 4.78 is 5.29. The van der Waals surface area contributed by atoms with Crippen LogP contribution in [0.4, 0.5) is 5.69 Å². The molecule has 17 heavy (non-hydrogen) atoms. The molecule has 2 rings (SSSR count). The van der Waals surface area contributed by atoms with E-state index in [9.17, 15) is 4.79 Å². The van der Waals surface area contributed by atoms with Crippen LogP contribution in [0.5, 0.6) is 5.75 Å². The second kappa shape index (κ2) is 5.08. The summed E-state index contributed by atoms with van der Waals surface area (Å²) in [5.74, 6) is 1.44. The first-order valence-electron chi connectivity index (χ1n) is 5.67. The summed E-state index contributed by atoms with van der Waals surface area (Å²) in [5.41, 5.74) is 2.00. The van der Waals surface area contributed by atoms with Gasteiger partial charge in [-0.25, -0.2) is 0 Å². The smallest absolute Gasteiger partial charge is 0.227 e. The normalized spacial score (nSPS) is 19.8. The number of carbonyl (C=O) groups excluding carboxylic acids is 1. The summed E-state index contributed by atoms with van der Waals surface area (Å²) in [7, 11) is 1.65. The molecule has 92 valence electrons. The first kappa shape index (κ1) is 12.4. The first-order chi connectivity index (χ1) is 8.17. The molecular formula is C13H16BrNO2. The summed E-state index contributed by atoms with van der Waals surface area (Å²) >= 11 is 3.45. The molecule has 0 spiro atoms. The topological polar surface area (TPSA) is 29.5 Å². The van der Waals surface area contributed by atoms with Crippen molar-refractivity contribution in [2.75, 3.05) is 23.9 Å². The van der Waals surface area contributed by atoms with Crippen LogP contribution in [-0.4, -0.2) is 24.9 Å². The Morgan fingerprint density at radius 1 is 1.53 bits per heavy atom. The minimum Gasteiger partial charge on any atom is -0.496 e. The van der Waals surface area contributed by atoms with Crippen LogP contribution in [0.25, 0.3) is 0 Å². The van der Waals surface area contributed by atoms with Gasteiger partial charge in [0, 0.05) is 23.9 Å². The molecule has 0 aromatic heterocycles. The number of ether oxygens (including phenoxy) is 1. The Kier molecular flexibility index (Phi) is 3.72. The quantitative estimate of drug-likeness (QED) is 0.803. The Hall–Kier alpha value is -1.03. The molecule has 0 aliphatic carbocycles. The second-order valence-electron chi connectivity index (χ2n) is 4.33. The van der Waals surface area contributed by atoms with Gasteiger partial charge in [-0.15, -0.1) is 0 Å². The van der Waals surface area contributed by atoms with E-state index >= 15 is 0 Å². The molecule has 1 aliphatic rings. The average molecular weight is 298 g/mol. The maximum atomic E-state index is 12.0. The Morgan fingerprint density at radius 3 is 2.88 bits per heavy atom. The van der Waals surface area contributed by atoms with Gasteiger partial charge in [0.25, 0.3) is 0 Å². The van der Waals surface area contributed by atoms with E-state index in [1.165, 1.54) is 0 Å². The predicted octanol–water partition coefficient (Wildman–Crippen LogP) is 2.75. The fraction of sp³-hybridized carbons (Fsp3) is 0.462. The summed E-state index contributed by atoms with van der Waals surface area (Å²) in [6, 6.07) is 5.82. The number of hydrogen-bond acceptors (Lipinski definition) is 2. The Labute approximate surface area is 110 Å². The maximum absolute atomic E-state index is 12.0. The van der Waals surface area contributed by atoms with E-state index in [1.54, 1.807) is 7.11 Å². The lowest BCUT2D eigenvalue weighted by molar-refractivity contribution is -0.117. The van der Waals surface area contributed by atoms with Gasteiger partial charge in [0.05, 0.1) is 12.8 Å². The predicted molar refractivity (Wildman–Crippen MR) is 72.0 cm³/mol. The van der Waals surface area contributed by atoms with Gasteiger partial charge in [-0.3, -0.25) is 4.79 Å². The molecule has 1 aromatic rings. The van der Waals surface area contributed by atoms with Crippen LogP contribution >= 0.6 is 15.9 Å². The molecule has 1 atom stereocenters. The summed E-state index contributed by atoms with van der Waals surface area (Å²) in [6.45, 7) is 2.78. The standard InChI is InChI=1S/C13H16BrNO2/c1-9-11(4-3-5-12(9)17-2)15-8-10(7-14)6-13(15)16/h3-5,10H,6-8H2,1-2H3. The molecule has 1 aliphatic heterocycles. The minimum atomic E-state index is 0.200. The average Bonchev–Trinajstić information content (AvgIpc) is 2.71. The van der Waals surface area contributed by atoms with Gasteiger partial charge in [-0.05, 0) is 25.0 Å². The van der Waals surface area contributed by atoms with Crippen LogP contribution < -0.4 is 9.64 Å². The van der Waals surface area contributed by atoms with Gasteiger partial charge >= 0.3 is 0 Å². The summed E-state index contributed by atoms with van der Waals surface area (Å²) in [4.78, 5) is 13.8. The van der Waals surface area contributed by atoms with Gasteiger partial charge in [-0.2, -0.15) is 0 Å². The van der Waals surface area contributed by atoms with Crippen molar-refractivity contribution in [1.82, 2.24) is 0 Å². The van der Waals surface area contributed by atoms with Crippen LogP contribution in [0.3, 0.4) is 0 Å². The van der Waals surface area contributed by atoms with E-state index in [2.05, 4.69) is 15.9 Å². The highest BCUT2D eigenvalue weighted by molar-refractivity contribution is 9.09. The van der Waals surface area contributed by atoms with Crippen molar-refractivity contribution < 1.29 is 9.53 Å². The third kappa shape index (κ3) is 2.32. The Balaban J connectivity index is 2.32. The number of halogens is 1. The van der Waals surface area contributed by atoms with Gasteiger partial charge in [0.1, 0.15) is 5.75 Å². The van der Waals surface area contributed by atoms with Crippen molar-refractivity contribution >= 4 is 27.5 Å². The van der Waals surface area contributed by atoms with E-state index in [0.29, 0.717) is 12.3 Å². The second-order valence-corrected chi connectivity index (χ2v) is 4.98. The van der Waals surface area contributed by atoms with Gasteiger partial charge in [-0.1, -0.05) is 22.0 Å². The summed E-state index contributed by atoms with van der Waals surface area (Å²) in [6.07, 6.45) is 0.627. The molecule has 0 saturated carbocycles. The Bertz CT molecular complexity index is 433. The van der Waals surface area contributed by atoms with Crippen molar-refractivity contribution in [3.63, 3.8) is 0 Å². The van der Waals surface area contributed by atoms with Crippen molar-refractivity contribution in [3.05, 3.63) is 23.8 Å². The lowest BCUT2D eigenvalue weighted by atomic mass is 10.1. The SMILES string of the molecule is COc1cccc(N2CC(CBr)CC2=O)c1C. The number of rotatable bonds is 3. The van der Waals surface area contributed by atoms with Crippen molar-refractivity contribution in [2.45, 2.75) is 13.3 Å². The fourth-order valence-corrected chi connectivity index (χ4v) is 2.67. The third-order valence-electron chi connectivity index (χ3n) is 3.19. The maximum Gasteiger partial charge on any atom is 0.227 e. The number of hydrogen-bond donors (Lipinski definition) is 0. The van der Waals surface area contributed by atoms with Gasteiger partial charge in [0.15, 0.2) is 0 Å². The highest BCUT2D eigenvalue weighted by Gasteiger charge is 2.30. The number of amides is 1. The molecule has 1 unspecified atom stereocenters. The van der Waals surface area contributed by atoms with E-state index in [4.69, 9.17) is 4.74 Å². The van der Waals surface area contributed by atoms with E-state index < -0.39 is 0 Å². The van der Waals surface area contributed by atoms with E-state index in [0.717, 1.165) is 28.9 Å². The number of anilines is 1. The Morgan fingerprint density at radius 2 is 2.29 bits per heavy atom. The van der Waals surface area contributed by atoms with Crippen LogP contribution in [0.2, 0.25) is 0 Å². The molecule has 4 heteroatoms. The van der Waals surface area contributed by atoms with Crippen LogP contribution in [-0.2, 0) is 4.79 Å². The number of alkyl halides is 1. The van der Waals surface area contributed by atoms with Crippen molar-refractivity contribution in [2.24, 2.45) is 5.92 Å². The molecular weight excluding hydrogens is 282 g/mol. The molecule has 0 N–H and O–H groups in total. The number of carbonyl (C=O) groups is 1. The zero-order valence-electron chi connectivity index (χ0n) is 10.1. The largest absolute Gasteiger partial charge is 0.496 e. The van der Waals surface area contributed by atoms with E-state index in [-0.39, 0.29) is 5.91 Å². The van der Waals surface area contributed by atoms with Crippen molar-refractivity contribution in [1.29, 1.82) is 0 Å². The van der Waals surface area contributed by atoms with Crippen LogP contribution in [0, 0.1) is 12.8 Å². The molecule has 1 aromatic carbocycles. The molecule has 1 amide bonds. The summed E-state index contributed by atoms with van der Waals surface area (Å²) in [5, 5.41) is 0.873. The lowest BCUT2D eigenvalue weighted by Gasteiger charge is -2.20. The van der Waals surface area contributed by atoms with Gasteiger partial charge in [0.2, 0.25) is 5.91 Å². The monoisotopic (exact) mass is 297 g/mol. The van der Waals surface area contributed by atoms with Crippen LogP contribution in [0.1, 0.15) is 12.0 Å². The fourth-order valence-electron chi connectivity index (χ4n) is 2.23. The molecule has 1 heterocycles. The lowest BCUT2D eigenvalue weighted by Crippen LogP contribution is -2.25. The zero-order chi connectivity index (χ0) is 12.4. The number of methoxy groups -OCH3 is 1. The van der Waals surface area contributed by atoms with E-state index in [1.807, 2.05) is 30.0 Å². The zero-order valence-corrected chi connectivity index (χ0v) is 11.7. The van der Waals surface area contributed by atoms with Gasteiger partial charge < -0.3 is 9.64 Å². The highest BCUT2D eigenvalue weighted by Crippen LogP contribution is 2.32. The molecule has 3 nitrogen and oxygen atoms in total. The van der Waals surface area contributed by atoms with Crippen molar-refractivity contribution in [3.8, 4) is 5.75 Å². The number of benzene rings is 1. The first-order valence-corrected chi connectivity index (χ1v) is 6.79. The number of nitrogens with zero attached hydrogens (tertiary/aromatic N) is 1. The molecule has 1 fully saturated rings. The third-order valence-corrected chi connectivity index (χ3v) is 4.11. The molecule has 0 bridgehead atoms. The molecule has 0 radical (unpaired) electrons. The molecule has 1 saturated heterocycles. The highest BCUT2D eigenvalue weighted by atomic mass is 79.9. The van der Waals surface area contributed by atoms with Crippen LogP contribution in [0.15, 0.2) is 18.2 Å². The minimum absolute atomic E-state index is 0.200.